The minimum Gasteiger partial charge on any atom is -0.394 e. The van der Waals surface area contributed by atoms with Crippen molar-refractivity contribution in [1.82, 2.24) is 4.98 Å². The fraction of sp³-hybridized carbons (Fsp3) is 0.533. The minimum absolute atomic E-state index is 0.0854. The maximum absolute atomic E-state index is 9.59. The first-order valence-corrected chi connectivity index (χ1v) is 7.58. The van der Waals surface area contributed by atoms with Gasteiger partial charge in [0, 0.05) is 13.1 Å². The van der Waals surface area contributed by atoms with Crippen molar-refractivity contribution in [3.8, 4) is 12.1 Å². The van der Waals surface area contributed by atoms with Gasteiger partial charge in [-0.25, -0.2) is 4.98 Å². The molecule has 1 saturated heterocycles. The summed E-state index contributed by atoms with van der Waals surface area (Å²) in [5, 5.41) is 28.3. The highest BCUT2D eigenvalue weighted by Gasteiger charge is 2.34. The summed E-state index contributed by atoms with van der Waals surface area (Å²) in [7, 11) is 0. The standard InChI is InChI=1S/C15H15ClN4O2/c16-14-11(5-17)13(9-1-2-9)12(6-18)15(19-14)20-3-4-22-10(7-20)8-21/h9-10,21H,1-4,7-8H2. The summed E-state index contributed by atoms with van der Waals surface area (Å²) in [6.45, 7) is 1.39. The molecule has 2 heterocycles. The zero-order valence-electron chi connectivity index (χ0n) is 11.9. The van der Waals surface area contributed by atoms with Crippen molar-refractivity contribution in [3.05, 3.63) is 21.8 Å². The van der Waals surface area contributed by atoms with E-state index in [1.807, 2.05) is 4.90 Å². The van der Waals surface area contributed by atoms with E-state index in [2.05, 4.69) is 17.1 Å². The van der Waals surface area contributed by atoms with Crippen molar-refractivity contribution < 1.29 is 9.84 Å². The third-order valence-corrected chi connectivity index (χ3v) is 4.30. The molecule has 1 aliphatic carbocycles. The molecule has 22 heavy (non-hydrogen) atoms. The van der Waals surface area contributed by atoms with Crippen LogP contribution in [0.5, 0.6) is 0 Å². The monoisotopic (exact) mass is 318 g/mol. The van der Waals surface area contributed by atoms with E-state index in [4.69, 9.17) is 16.3 Å². The normalized spacial score (nSPS) is 21.3. The molecule has 1 N–H and O–H groups in total. The maximum Gasteiger partial charge on any atom is 0.149 e. The highest BCUT2D eigenvalue weighted by Crippen LogP contribution is 2.46. The van der Waals surface area contributed by atoms with Gasteiger partial charge in [0.15, 0.2) is 0 Å². The van der Waals surface area contributed by atoms with E-state index in [9.17, 15) is 15.6 Å². The molecule has 2 aliphatic rings. The van der Waals surface area contributed by atoms with Crippen LogP contribution in [0.25, 0.3) is 0 Å². The van der Waals surface area contributed by atoms with E-state index >= 15 is 0 Å². The smallest absolute Gasteiger partial charge is 0.149 e. The van der Waals surface area contributed by atoms with Gasteiger partial charge in [-0.1, -0.05) is 11.6 Å². The van der Waals surface area contributed by atoms with Gasteiger partial charge in [-0.15, -0.1) is 0 Å². The van der Waals surface area contributed by atoms with Crippen LogP contribution < -0.4 is 4.90 Å². The number of halogens is 1. The first kappa shape index (κ1) is 15.1. The van der Waals surface area contributed by atoms with E-state index < -0.39 is 0 Å². The van der Waals surface area contributed by atoms with Gasteiger partial charge >= 0.3 is 0 Å². The lowest BCUT2D eigenvalue weighted by molar-refractivity contribution is 0.00334. The molecule has 2 fully saturated rings. The van der Waals surface area contributed by atoms with E-state index in [-0.39, 0.29) is 23.8 Å². The Labute approximate surface area is 133 Å². The number of nitriles is 2. The Kier molecular flexibility index (Phi) is 4.17. The Morgan fingerprint density at radius 2 is 2.05 bits per heavy atom. The molecule has 6 nitrogen and oxygen atoms in total. The highest BCUT2D eigenvalue weighted by molar-refractivity contribution is 6.30. The fourth-order valence-corrected chi connectivity index (χ4v) is 3.03. The molecule has 1 aromatic heterocycles. The van der Waals surface area contributed by atoms with Gasteiger partial charge in [0.25, 0.3) is 0 Å². The number of pyridine rings is 1. The fourth-order valence-electron chi connectivity index (χ4n) is 2.81. The van der Waals surface area contributed by atoms with Crippen LogP contribution in [0.2, 0.25) is 5.15 Å². The Morgan fingerprint density at radius 1 is 1.32 bits per heavy atom. The van der Waals surface area contributed by atoms with Crippen LogP contribution in [0.4, 0.5) is 5.82 Å². The number of nitrogens with zero attached hydrogens (tertiary/aromatic N) is 4. The molecular formula is C15H15ClN4O2. The lowest BCUT2D eigenvalue weighted by atomic mass is 9.99. The number of aliphatic hydroxyl groups is 1. The van der Waals surface area contributed by atoms with Crippen LogP contribution in [0.1, 0.15) is 35.4 Å². The number of anilines is 1. The number of aromatic nitrogens is 1. The number of aliphatic hydroxyl groups excluding tert-OH is 1. The molecule has 1 unspecified atom stereocenters. The molecule has 0 spiro atoms. The number of rotatable bonds is 3. The molecule has 3 rings (SSSR count). The van der Waals surface area contributed by atoms with Crippen LogP contribution in [0, 0.1) is 22.7 Å². The third-order valence-electron chi connectivity index (χ3n) is 4.02. The molecule has 1 aliphatic heterocycles. The molecule has 1 aromatic rings. The number of ether oxygens (including phenoxy) is 1. The lowest BCUT2D eigenvalue weighted by Gasteiger charge is -2.33. The Morgan fingerprint density at radius 3 is 2.64 bits per heavy atom. The Bertz CT molecular complexity index is 676. The van der Waals surface area contributed by atoms with Gasteiger partial charge in [0.2, 0.25) is 0 Å². The number of morpholine rings is 1. The SMILES string of the molecule is N#Cc1c(Cl)nc(N2CCOC(CO)C2)c(C#N)c1C1CC1. The summed E-state index contributed by atoms with van der Waals surface area (Å²) in [6.07, 6.45) is 1.62. The van der Waals surface area contributed by atoms with Crippen molar-refractivity contribution in [2.75, 3.05) is 31.2 Å². The van der Waals surface area contributed by atoms with Gasteiger partial charge in [-0.2, -0.15) is 10.5 Å². The van der Waals surface area contributed by atoms with Crippen molar-refractivity contribution in [2.24, 2.45) is 0 Å². The molecule has 114 valence electrons. The van der Waals surface area contributed by atoms with Gasteiger partial charge in [-0.05, 0) is 24.3 Å². The van der Waals surface area contributed by atoms with Crippen LogP contribution in [-0.2, 0) is 4.74 Å². The zero-order chi connectivity index (χ0) is 15.7. The van der Waals surface area contributed by atoms with Crippen LogP contribution in [0.15, 0.2) is 0 Å². The van der Waals surface area contributed by atoms with E-state index in [0.717, 1.165) is 18.4 Å². The Hall–Kier alpha value is -1.86. The van der Waals surface area contributed by atoms with Gasteiger partial charge in [0.1, 0.15) is 23.1 Å². The summed E-state index contributed by atoms with van der Waals surface area (Å²) < 4.78 is 5.43. The predicted molar refractivity (Wildman–Crippen MR) is 79.7 cm³/mol. The second kappa shape index (κ2) is 6.10. The molecule has 7 heteroatoms. The summed E-state index contributed by atoms with van der Waals surface area (Å²) in [5.41, 5.74) is 1.48. The molecule has 0 bridgehead atoms. The number of hydrogen-bond acceptors (Lipinski definition) is 6. The number of hydrogen-bond donors (Lipinski definition) is 1. The molecule has 1 saturated carbocycles. The summed E-state index contributed by atoms with van der Waals surface area (Å²) >= 11 is 6.17. The van der Waals surface area contributed by atoms with E-state index in [1.165, 1.54) is 0 Å². The third kappa shape index (κ3) is 2.62. The maximum atomic E-state index is 9.59. The van der Waals surface area contributed by atoms with Crippen LogP contribution in [-0.4, -0.2) is 42.5 Å². The largest absolute Gasteiger partial charge is 0.394 e. The topological polar surface area (TPSA) is 93.2 Å². The van der Waals surface area contributed by atoms with Gasteiger partial charge in [-0.3, -0.25) is 0 Å². The van der Waals surface area contributed by atoms with Gasteiger partial charge in [0.05, 0.1) is 30.4 Å². The predicted octanol–water partition coefficient (Wildman–Crippen LogP) is 1.55. The van der Waals surface area contributed by atoms with Crippen molar-refractivity contribution in [2.45, 2.75) is 24.9 Å². The minimum atomic E-state index is -0.305. The Balaban J connectivity index is 2.08. The quantitative estimate of drug-likeness (QED) is 0.850. The molecule has 0 amide bonds. The molecular weight excluding hydrogens is 304 g/mol. The average molecular weight is 319 g/mol. The van der Waals surface area contributed by atoms with E-state index in [0.29, 0.717) is 36.6 Å². The van der Waals surface area contributed by atoms with Crippen LogP contribution in [0.3, 0.4) is 0 Å². The van der Waals surface area contributed by atoms with Gasteiger partial charge < -0.3 is 14.7 Å². The highest BCUT2D eigenvalue weighted by atomic mass is 35.5. The lowest BCUT2D eigenvalue weighted by Crippen LogP contribution is -2.44. The van der Waals surface area contributed by atoms with Crippen LogP contribution >= 0.6 is 11.6 Å². The molecule has 0 radical (unpaired) electrons. The summed E-state index contributed by atoms with van der Waals surface area (Å²) in [4.78, 5) is 6.19. The first-order chi connectivity index (χ1) is 10.7. The van der Waals surface area contributed by atoms with Crippen molar-refractivity contribution in [3.63, 3.8) is 0 Å². The van der Waals surface area contributed by atoms with E-state index in [1.54, 1.807) is 0 Å². The molecule has 1 atom stereocenters. The van der Waals surface area contributed by atoms with Crippen molar-refractivity contribution >= 4 is 17.4 Å². The summed E-state index contributed by atoms with van der Waals surface area (Å²) in [6, 6.07) is 4.28. The van der Waals surface area contributed by atoms with Crippen molar-refractivity contribution in [1.29, 1.82) is 10.5 Å². The summed E-state index contributed by atoms with van der Waals surface area (Å²) in [5.74, 6) is 0.716. The zero-order valence-corrected chi connectivity index (χ0v) is 12.7. The average Bonchev–Trinajstić information content (AvgIpc) is 3.38. The first-order valence-electron chi connectivity index (χ1n) is 7.20. The second-order valence-corrected chi connectivity index (χ2v) is 5.87. The second-order valence-electron chi connectivity index (χ2n) is 5.51. The molecule has 0 aromatic carbocycles.